The Kier molecular flexibility index (Phi) is 8.53. The summed E-state index contributed by atoms with van der Waals surface area (Å²) in [6, 6.07) is 14.4. The van der Waals surface area contributed by atoms with Gasteiger partial charge in [0.25, 0.3) is 5.91 Å². The molecule has 2 aromatic carbocycles. The zero-order chi connectivity index (χ0) is 34.6. The summed E-state index contributed by atoms with van der Waals surface area (Å²) in [5.41, 5.74) is 4.24. The Hall–Kier alpha value is -4.25. The first-order valence-electron chi connectivity index (χ1n) is 17.3. The van der Waals surface area contributed by atoms with Gasteiger partial charge in [-0.1, -0.05) is 73.6 Å². The second kappa shape index (κ2) is 12.6. The van der Waals surface area contributed by atoms with Crippen molar-refractivity contribution in [2.45, 2.75) is 82.1 Å². The van der Waals surface area contributed by atoms with E-state index < -0.39 is 56.5 Å². The van der Waals surface area contributed by atoms with Gasteiger partial charge < -0.3 is 15.5 Å². The van der Waals surface area contributed by atoms with Crippen molar-refractivity contribution in [2.24, 2.45) is 28.3 Å². The molecule has 3 saturated carbocycles. The molecule has 1 aliphatic heterocycles. The third-order valence-electron chi connectivity index (χ3n) is 10.8. The molecule has 258 valence electrons. The third-order valence-corrected chi connectivity index (χ3v) is 12.6. The van der Waals surface area contributed by atoms with Crippen molar-refractivity contribution >= 4 is 39.5 Å². The molecule has 0 radical (unpaired) electrons. The van der Waals surface area contributed by atoms with Gasteiger partial charge in [-0.2, -0.15) is 0 Å². The number of allylic oxidation sites excluding steroid dienone is 1. The van der Waals surface area contributed by atoms with Gasteiger partial charge in [-0.3, -0.25) is 19.1 Å². The standard InChI is InChI=1S/C38H44N4O6S/c1-4-24-21-38(24,36(45)42-49(46,47)26-14-15-26)40-35(44)32-20-25-19-31(32)34(43)39-22-37(2,3)17-9-5-6-10-23-13-16-28-27-11-7-8-12-29(27)33(41-48-25)30(28)18-23/h4,6-8,10-13,16,18,24-26,31-32H,1,5,9,14-15,17,19-22H2,2-3H3,(H,39,43)(H,40,44)(H,42,45)/t24-,25+,31-,32-,38-/m1/s1. The molecule has 4 aliphatic carbocycles. The first kappa shape index (κ1) is 33.3. The summed E-state index contributed by atoms with van der Waals surface area (Å²) in [7, 11) is -3.82. The molecule has 2 aromatic rings. The molecular weight excluding hydrogens is 641 g/mol. The average Bonchev–Trinajstić information content (AvgIpc) is 3.98. The van der Waals surface area contributed by atoms with Crippen LogP contribution in [-0.2, 0) is 29.2 Å². The SMILES string of the molecule is C=C[C@@H]1C[C@]1(NC(=O)[C@@H]1C[C@@H]2C[C@H]1C(=O)NCC(C)(C)CCCC=Cc1ccc3c(c1)C(=NO2)c1ccccc1-3)C(=O)NS(=O)(=O)C1CC1. The van der Waals surface area contributed by atoms with E-state index in [0.29, 0.717) is 25.1 Å². The van der Waals surface area contributed by atoms with Crippen LogP contribution in [-0.4, -0.2) is 55.3 Å². The van der Waals surface area contributed by atoms with Gasteiger partial charge in [-0.25, -0.2) is 8.42 Å². The van der Waals surface area contributed by atoms with Crippen LogP contribution in [0.25, 0.3) is 17.2 Å². The normalized spacial score (nSPS) is 28.9. The number of carbonyl (C=O) groups is 3. The van der Waals surface area contributed by atoms with Crippen LogP contribution in [0.5, 0.6) is 0 Å². The highest BCUT2D eigenvalue weighted by molar-refractivity contribution is 7.91. The third kappa shape index (κ3) is 6.57. The predicted molar refractivity (Wildman–Crippen MR) is 188 cm³/mol. The number of fused-ring (bicyclic) bond motifs is 6. The molecule has 0 saturated heterocycles. The largest absolute Gasteiger partial charge is 0.392 e. The van der Waals surface area contributed by atoms with E-state index in [2.05, 4.69) is 77.4 Å². The molecule has 1 heterocycles. The zero-order valence-electron chi connectivity index (χ0n) is 28.0. The lowest BCUT2D eigenvalue weighted by molar-refractivity contribution is -0.136. The molecule has 3 fully saturated rings. The van der Waals surface area contributed by atoms with Crippen LogP contribution in [0.1, 0.15) is 81.9 Å². The van der Waals surface area contributed by atoms with E-state index in [1.807, 2.05) is 18.2 Å². The summed E-state index contributed by atoms with van der Waals surface area (Å²) in [6.45, 7) is 8.48. The Balaban J connectivity index is 1.18. The Bertz CT molecular complexity index is 1880. The number of carbonyl (C=O) groups excluding carboxylic acids is 3. The molecule has 0 aromatic heterocycles. The smallest absolute Gasteiger partial charge is 0.259 e. The van der Waals surface area contributed by atoms with Gasteiger partial charge in [-0.15, -0.1) is 6.58 Å². The fourth-order valence-electron chi connectivity index (χ4n) is 7.54. The lowest BCUT2D eigenvalue weighted by Gasteiger charge is -2.27. The Morgan fingerprint density at radius 1 is 1.06 bits per heavy atom. The molecule has 0 unspecified atom stereocenters. The van der Waals surface area contributed by atoms with Gasteiger partial charge in [0, 0.05) is 23.6 Å². The maximum atomic E-state index is 14.1. The second-order valence-corrected chi connectivity index (χ2v) is 17.0. The maximum Gasteiger partial charge on any atom is 0.259 e. The molecule has 11 heteroatoms. The first-order chi connectivity index (χ1) is 23.4. The highest BCUT2D eigenvalue weighted by Gasteiger charge is 2.62. The summed E-state index contributed by atoms with van der Waals surface area (Å²) < 4.78 is 27.4. The lowest BCUT2D eigenvalue weighted by atomic mass is 9.86. The van der Waals surface area contributed by atoms with Crippen LogP contribution in [0.3, 0.4) is 0 Å². The number of nitrogens with zero attached hydrogens (tertiary/aromatic N) is 1. The summed E-state index contributed by atoms with van der Waals surface area (Å²) in [5.74, 6) is -3.47. The maximum absolute atomic E-state index is 14.1. The van der Waals surface area contributed by atoms with E-state index in [-0.39, 0.29) is 30.6 Å². The molecule has 3 amide bonds. The lowest BCUT2D eigenvalue weighted by Crippen LogP contribution is -2.54. The van der Waals surface area contributed by atoms with Crippen molar-refractivity contribution in [2.75, 3.05) is 6.54 Å². The fraction of sp³-hybridized carbons (Fsp3) is 0.474. The number of hydrogen-bond donors (Lipinski definition) is 3. The summed E-state index contributed by atoms with van der Waals surface area (Å²) in [4.78, 5) is 47.5. The van der Waals surface area contributed by atoms with E-state index >= 15 is 0 Å². The fourth-order valence-corrected chi connectivity index (χ4v) is 8.90. The minimum Gasteiger partial charge on any atom is -0.392 e. The monoisotopic (exact) mass is 684 g/mol. The van der Waals surface area contributed by atoms with Crippen molar-refractivity contribution < 1.29 is 27.6 Å². The van der Waals surface area contributed by atoms with Gasteiger partial charge in [0.05, 0.1) is 17.1 Å². The number of oxime groups is 1. The molecule has 4 bridgehead atoms. The molecule has 5 atom stereocenters. The minimum atomic E-state index is -3.82. The molecule has 0 spiro atoms. The zero-order valence-corrected chi connectivity index (χ0v) is 28.9. The van der Waals surface area contributed by atoms with E-state index in [1.165, 1.54) is 0 Å². The van der Waals surface area contributed by atoms with Crippen molar-refractivity contribution in [3.63, 3.8) is 0 Å². The van der Waals surface area contributed by atoms with Crippen LogP contribution in [0.2, 0.25) is 0 Å². The topological polar surface area (TPSA) is 143 Å². The number of amides is 3. The predicted octanol–water partition coefficient (Wildman–Crippen LogP) is 4.84. The van der Waals surface area contributed by atoms with Gasteiger partial charge in [0.15, 0.2) is 0 Å². The molecule has 3 N–H and O–H groups in total. The molecule has 10 nitrogen and oxygen atoms in total. The first-order valence-corrected chi connectivity index (χ1v) is 18.9. The summed E-state index contributed by atoms with van der Waals surface area (Å²) in [6.07, 6.45) is 9.80. The van der Waals surface area contributed by atoms with Gasteiger partial charge in [-0.05, 0) is 79.5 Å². The van der Waals surface area contributed by atoms with Crippen molar-refractivity contribution in [3.05, 3.63) is 77.9 Å². The Morgan fingerprint density at radius 3 is 2.55 bits per heavy atom. The number of sulfonamides is 1. The number of nitrogens with one attached hydrogen (secondary N) is 3. The minimum absolute atomic E-state index is 0.167. The molecule has 5 aliphatic rings. The van der Waals surface area contributed by atoms with E-state index in [0.717, 1.165) is 47.1 Å². The van der Waals surface area contributed by atoms with Crippen LogP contribution in [0.15, 0.2) is 66.4 Å². The summed E-state index contributed by atoms with van der Waals surface area (Å²) >= 11 is 0. The number of rotatable bonds is 6. The van der Waals surface area contributed by atoms with Crippen LogP contribution in [0, 0.1) is 23.2 Å². The summed E-state index contributed by atoms with van der Waals surface area (Å²) in [5, 5.41) is 10.1. The highest BCUT2D eigenvalue weighted by Crippen LogP contribution is 2.46. The van der Waals surface area contributed by atoms with Gasteiger partial charge in [0.1, 0.15) is 17.4 Å². The highest BCUT2D eigenvalue weighted by atomic mass is 32.2. The average molecular weight is 685 g/mol. The van der Waals surface area contributed by atoms with Crippen LogP contribution in [0.4, 0.5) is 0 Å². The van der Waals surface area contributed by atoms with Crippen LogP contribution < -0.4 is 15.4 Å². The molecule has 7 rings (SSSR count). The quantitative estimate of drug-likeness (QED) is 0.317. The van der Waals surface area contributed by atoms with E-state index in [9.17, 15) is 22.8 Å². The van der Waals surface area contributed by atoms with E-state index in [4.69, 9.17) is 4.84 Å². The Labute approximate surface area is 287 Å². The van der Waals surface area contributed by atoms with Crippen molar-refractivity contribution in [1.82, 2.24) is 15.4 Å². The van der Waals surface area contributed by atoms with Crippen LogP contribution >= 0.6 is 0 Å². The second-order valence-electron chi connectivity index (χ2n) is 15.1. The Morgan fingerprint density at radius 2 is 1.82 bits per heavy atom. The van der Waals surface area contributed by atoms with Gasteiger partial charge >= 0.3 is 0 Å². The number of benzene rings is 2. The van der Waals surface area contributed by atoms with Gasteiger partial charge in [0.2, 0.25) is 21.8 Å². The van der Waals surface area contributed by atoms with E-state index in [1.54, 1.807) is 6.08 Å². The van der Waals surface area contributed by atoms with Crippen molar-refractivity contribution in [1.29, 1.82) is 0 Å². The molecule has 49 heavy (non-hydrogen) atoms. The van der Waals surface area contributed by atoms with Crippen molar-refractivity contribution in [3.8, 4) is 11.1 Å². The molecular formula is C38H44N4O6S. The number of hydrogen-bond acceptors (Lipinski definition) is 7.